The topological polar surface area (TPSA) is 55.5 Å². The van der Waals surface area contributed by atoms with Gasteiger partial charge < -0.3 is 20.5 Å². The third-order valence-electron chi connectivity index (χ3n) is 4.76. The SMILES string of the molecule is CN=C(NCCc1c[nH]c2ccccc12)NCC1CCCN1C. The van der Waals surface area contributed by atoms with Crippen molar-refractivity contribution in [2.24, 2.45) is 4.99 Å². The zero-order valence-electron chi connectivity index (χ0n) is 14.1. The quantitative estimate of drug-likeness (QED) is 0.584. The molecule has 0 saturated carbocycles. The number of likely N-dealkylation sites (tertiary alicyclic amines) is 1. The first-order chi connectivity index (χ1) is 11.3. The Hall–Kier alpha value is -2.01. The van der Waals surface area contributed by atoms with Crippen LogP contribution in [0.3, 0.4) is 0 Å². The van der Waals surface area contributed by atoms with Crippen LogP contribution >= 0.6 is 0 Å². The minimum atomic E-state index is 0.627. The zero-order chi connectivity index (χ0) is 16.1. The van der Waals surface area contributed by atoms with Crippen LogP contribution in [0.25, 0.3) is 10.9 Å². The number of likely N-dealkylation sites (N-methyl/N-ethyl adjacent to an activating group) is 1. The van der Waals surface area contributed by atoms with Crippen molar-refractivity contribution in [3.8, 4) is 0 Å². The number of para-hydroxylation sites is 1. The van der Waals surface area contributed by atoms with E-state index in [1.165, 1.54) is 35.9 Å². The van der Waals surface area contributed by atoms with Crippen molar-refractivity contribution in [1.82, 2.24) is 20.5 Å². The number of rotatable bonds is 5. The Morgan fingerprint density at radius 2 is 2.22 bits per heavy atom. The molecule has 1 aliphatic rings. The first-order valence-electron chi connectivity index (χ1n) is 8.47. The van der Waals surface area contributed by atoms with Gasteiger partial charge in [0.15, 0.2) is 5.96 Å². The molecular formula is C18H27N5. The summed E-state index contributed by atoms with van der Waals surface area (Å²) in [6.45, 7) is 3.05. The molecule has 1 unspecified atom stereocenters. The minimum Gasteiger partial charge on any atom is -0.361 e. The Morgan fingerprint density at radius 1 is 1.35 bits per heavy atom. The van der Waals surface area contributed by atoms with Gasteiger partial charge in [0, 0.05) is 43.3 Å². The van der Waals surface area contributed by atoms with Crippen LogP contribution in [0.15, 0.2) is 35.5 Å². The van der Waals surface area contributed by atoms with Crippen LogP contribution in [0.5, 0.6) is 0 Å². The molecule has 1 fully saturated rings. The fourth-order valence-electron chi connectivity index (χ4n) is 3.33. The number of hydrogen-bond acceptors (Lipinski definition) is 2. The zero-order valence-corrected chi connectivity index (χ0v) is 14.1. The molecule has 124 valence electrons. The maximum absolute atomic E-state index is 4.32. The van der Waals surface area contributed by atoms with E-state index in [-0.39, 0.29) is 0 Å². The summed E-state index contributed by atoms with van der Waals surface area (Å²) >= 11 is 0. The average Bonchev–Trinajstić information content (AvgIpc) is 3.17. The van der Waals surface area contributed by atoms with Crippen molar-refractivity contribution in [2.75, 3.05) is 33.7 Å². The molecule has 1 saturated heterocycles. The van der Waals surface area contributed by atoms with E-state index in [0.717, 1.165) is 25.5 Å². The molecule has 0 radical (unpaired) electrons. The predicted octanol–water partition coefficient (Wildman–Crippen LogP) is 1.97. The van der Waals surface area contributed by atoms with Gasteiger partial charge in [-0.2, -0.15) is 0 Å². The van der Waals surface area contributed by atoms with E-state index in [9.17, 15) is 0 Å². The number of hydrogen-bond donors (Lipinski definition) is 3. The standard InChI is InChI=1S/C18H27N5/c1-19-18(22-13-15-6-5-11-23(15)2)20-10-9-14-12-21-17-8-4-3-7-16(14)17/h3-4,7-8,12,15,21H,5-6,9-11,13H2,1-2H3,(H2,19,20,22). The second-order valence-corrected chi connectivity index (χ2v) is 6.27. The number of nitrogens with one attached hydrogen (secondary N) is 3. The van der Waals surface area contributed by atoms with Crippen molar-refractivity contribution in [2.45, 2.75) is 25.3 Å². The minimum absolute atomic E-state index is 0.627. The van der Waals surface area contributed by atoms with Crippen LogP contribution in [0.1, 0.15) is 18.4 Å². The van der Waals surface area contributed by atoms with Gasteiger partial charge in [-0.05, 0) is 44.5 Å². The third-order valence-corrected chi connectivity index (χ3v) is 4.76. The summed E-state index contributed by atoms with van der Waals surface area (Å²) in [4.78, 5) is 10.1. The van der Waals surface area contributed by atoms with Gasteiger partial charge in [0.1, 0.15) is 0 Å². The molecule has 0 amide bonds. The van der Waals surface area contributed by atoms with Gasteiger partial charge in [-0.25, -0.2) is 0 Å². The lowest BCUT2D eigenvalue weighted by molar-refractivity contribution is 0.309. The third kappa shape index (κ3) is 3.85. The fourth-order valence-corrected chi connectivity index (χ4v) is 3.33. The van der Waals surface area contributed by atoms with Crippen LogP contribution in [-0.4, -0.2) is 55.6 Å². The van der Waals surface area contributed by atoms with Gasteiger partial charge in [-0.1, -0.05) is 18.2 Å². The number of guanidine groups is 1. The van der Waals surface area contributed by atoms with Crippen molar-refractivity contribution < 1.29 is 0 Å². The van der Waals surface area contributed by atoms with Gasteiger partial charge in [-0.3, -0.25) is 4.99 Å². The number of benzene rings is 1. The molecule has 2 heterocycles. The molecule has 5 heteroatoms. The van der Waals surface area contributed by atoms with Gasteiger partial charge in [0.2, 0.25) is 0 Å². The molecular weight excluding hydrogens is 286 g/mol. The molecule has 0 spiro atoms. The van der Waals surface area contributed by atoms with E-state index in [2.05, 4.69) is 63.0 Å². The van der Waals surface area contributed by atoms with Crippen LogP contribution in [-0.2, 0) is 6.42 Å². The second kappa shape index (κ2) is 7.51. The summed E-state index contributed by atoms with van der Waals surface area (Å²) in [6, 6.07) is 9.06. The Labute approximate surface area is 138 Å². The maximum atomic E-state index is 4.32. The highest BCUT2D eigenvalue weighted by atomic mass is 15.2. The number of aromatic nitrogens is 1. The summed E-state index contributed by atoms with van der Waals surface area (Å²) in [5.74, 6) is 0.894. The fraction of sp³-hybridized carbons (Fsp3) is 0.500. The Bertz CT molecular complexity index is 660. The molecule has 2 aromatic rings. The number of aliphatic imine (C=N–C) groups is 1. The van der Waals surface area contributed by atoms with E-state index < -0.39 is 0 Å². The number of H-pyrrole nitrogens is 1. The number of fused-ring (bicyclic) bond motifs is 1. The highest BCUT2D eigenvalue weighted by Crippen LogP contribution is 2.17. The molecule has 3 rings (SSSR count). The predicted molar refractivity (Wildman–Crippen MR) is 97.0 cm³/mol. The first kappa shape index (κ1) is 15.9. The summed E-state index contributed by atoms with van der Waals surface area (Å²) < 4.78 is 0. The Morgan fingerprint density at radius 3 is 3.00 bits per heavy atom. The molecule has 1 aliphatic heterocycles. The first-order valence-corrected chi connectivity index (χ1v) is 8.47. The lowest BCUT2D eigenvalue weighted by Gasteiger charge is -2.21. The number of aromatic amines is 1. The van der Waals surface area contributed by atoms with E-state index >= 15 is 0 Å². The van der Waals surface area contributed by atoms with Gasteiger partial charge >= 0.3 is 0 Å². The molecule has 1 aromatic carbocycles. The van der Waals surface area contributed by atoms with Crippen molar-refractivity contribution >= 4 is 16.9 Å². The highest BCUT2D eigenvalue weighted by molar-refractivity contribution is 5.83. The van der Waals surface area contributed by atoms with Crippen molar-refractivity contribution in [3.63, 3.8) is 0 Å². The number of nitrogens with zero attached hydrogens (tertiary/aromatic N) is 2. The summed E-state index contributed by atoms with van der Waals surface area (Å²) in [5.41, 5.74) is 2.55. The highest BCUT2D eigenvalue weighted by Gasteiger charge is 2.20. The normalized spacial score (nSPS) is 19.4. The van der Waals surface area contributed by atoms with Crippen LogP contribution < -0.4 is 10.6 Å². The van der Waals surface area contributed by atoms with Crippen LogP contribution in [0, 0.1) is 0 Å². The Balaban J connectivity index is 1.47. The van der Waals surface area contributed by atoms with Gasteiger partial charge in [-0.15, -0.1) is 0 Å². The molecule has 0 bridgehead atoms. The lowest BCUT2D eigenvalue weighted by atomic mass is 10.1. The van der Waals surface area contributed by atoms with Gasteiger partial charge in [0.25, 0.3) is 0 Å². The van der Waals surface area contributed by atoms with E-state index in [1.807, 2.05) is 7.05 Å². The lowest BCUT2D eigenvalue weighted by Crippen LogP contribution is -2.44. The molecule has 0 aliphatic carbocycles. The molecule has 1 atom stereocenters. The molecule has 23 heavy (non-hydrogen) atoms. The molecule has 5 nitrogen and oxygen atoms in total. The molecule has 1 aromatic heterocycles. The summed E-state index contributed by atoms with van der Waals surface area (Å²) in [7, 11) is 4.03. The summed E-state index contributed by atoms with van der Waals surface area (Å²) in [6.07, 6.45) is 5.66. The average molecular weight is 313 g/mol. The van der Waals surface area contributed by atoms with E-state index in [4.69, 9.17) is 0 Å². The van der Waals surface area contributed by atoms with Crippen molar-refractivity contribution in [1.29, 1.82) is 0 Å². The smallest absolute Gasteiger partial charge is 0.191 e. The Kier molecular flexibility index (Phi) is 5.18. The maximum Gasteiger partial charge on any atom is 0.191 e. The van der Waals surface area contributed by atoms with Crippen molar-refractivity contribution in [3.05, 3.63) is 36.0 Å². The van der Waals surface area contributed by atoms with E-state index in [1.54, 1.807) is 0 Å². The van der Waals surface area contributed by atoms with Crippen LogP contribution in [0.2, 0.25) is 0 Å². The van der Waals surface area contributed by atoms with E-state index in [0.29, 0.717) is 6.04 Å². The van der Waals surface area contributed by atoms with Crippen LogP contribution in [0.4, 0.5) is 0 Å². The second-order valence-electron chi connectivity index (χ2n) is 6.27. The van der Waals surface area contributed by atoms with Gasteiger partial charge in [0.05, 0.1) is 0 Å². The largest absolute Gasteiger partial charge is 0.361 e. The summed E-state index contributed by atoms with van der Waals surface area (Å²) in [5, 5.41) is 8.18. The monoisotopic (exact) mass is 313 g/mol. The molecule has 3 N–H and O–H groups in total.